The first-order chi connectivity index (χ1) is 6.62. The van der Waals surface area contributed by atoms with Gasteiger partial charge in [0.1, 0.15) is 0 Å². The Morgan fingerprint density at radius 2 is 1.36 bits per heavy atom. The molecule has 82 valence electrons. The number of esters is 2. The molecule has 4 nitrogen and oxygen atoms in total. The van der Waals surface area contributed by atoms with Crippen LogP contribution in [0.5, 0.6) is 0 Å². The van der Waals surface area contributed by atoms with Gasteiger partial charge in [-0.15, -0.1) is 0 Å². The van der Waals surface area contributed by atoms with Crippen LogP contribution in [0.4, 0.5) is 0 Å². The minimum absolute atomic E-state index is 0.00472. The van der Waals surface area contributed by atoms with Crippen LogP contribution in [0.3, 0.4) is 0 Å². The number of ether oxygens (including phenoxy) is 2. The fourth-order valence-electron chi connectivity index (χ4n) is 1.50. The van der Waals surface area contributed by atoms with Gasteiger partial charge in [0.2, 0.25) is 0 Å². The molecule has 0 amide bonds. The lowest BCUT2D eigenvalue weighted by Crippen LogP contribution is -2.32. The fourth-order valence-corrected chi connectivity index (χ4v) is 1.50. The summed E-state index contributed by atoms with van der Waals surface area (Å²) in [5.41, 5.74) is 0. The summed E-state index contributed by atoms with van der Waals surface area (Å²) >= 11 is 0. The number of carbonyl (C=O) groups is 2. The second-order valence-corrected chi connectivity index (χ2v) is 3.10. The number of hydrogen-bond acceptors (Lipinski definition) is 4. The van der Waals surface area contributed by atoms with Gasteiger partial charge in [-0.05, 0) is 5.92 Å². The average Bonchev–Trinajstić information content (AvgIpc) is 2.23. The molecule has 0 aliphatic heterocycles. The van der Waals surface area contributed by atoms with E-state index in [1.54, 1.807) is 0 Å². The average molecular weight is 202 g/mol. The molecule has 0 spiro atoms. The molecule has 0 aromatic carbocycles. The van der Waals surface area contributed by atoms with Crippen LogP contribution in [0.25, 0.3) is 0 Å². The van der Waals surface area contributed by atoms with E-state index in [0.717, 1.165) is 12.8 Å². The molecule has 0 radical (unpaired) electrons. The highest BCUT2D eigenvalue weighted by Gasteiger charge is 2.34. The largest absolute Gasteiger partial charge is 0.468 e. The Hall–Kier alpha value is -1.06. The maximum atomic E-state index is 11.3. The van der Waals surface area contributed by atoms with E-state index in [4.69, 9.17) is 0 Å². The van der Waals surface area contributed by atoms with Crippen LogP contribution in [0.15, 0.2) is 0 Å². The predicted octanol–water partition coefficient (Wildman–Crippen LogP) is 1.38. The van der Waals surface area contributed by atoms with Gasteiger partial charge in [-0.2, -0.15) is 0 Å². The molecule has 0 aliphatic rings. The highest BCUT2D eigenvalue weighted by atomic mass is 16.5. The highest BCUT2D eigenvalue weighted by molar-refractivity contribution is 5.95. The molecule has 0 saturated carbocycles. The summed E-state index contributed by atoms with van der Waals surface area (Å²) in [7, 11) is 2.56. The quantitative estimate of drug-likeness (QED) is 0.499. The topological polar surface area (TPSA) is 52.6 Å². The third-order valence-electron chi connectivity index (χ3n) is 2.43. The highest BCUT2D eigenvalue weighted by Crippen LogP contribution is 2.22. The van der Waals surface area contributed by atoms with E-state index in [-0.39, 0.29) is 5.92 Å². The lowest BCUT2D eigenvalue weighted by molar-refractivity contribution is -0.161. The van der Waals surface area contributed by atoms with E-state index >= 15 is 0 Å². The van der Waals surface area contributed by atoms with Crippen LogP contribution < -0.4 is 0 Å². The summed E-state index contributed by atoms with van der Waals surface area (Å²) in [6.45, 7) is 3.88. The van der Waals surface area contributed by atoms with Crippen molar-refractivity contribution in [2.24, 2.45) is 11.8 Å². The molecule has 0 aliphatic carbocycles. The van der Waals surface area contributed by atoms with E-state index in [1.165, 1.54) is 14.2 Å². The molecule has 0 atom stereocenters. The van der Waals surface area contributed by atoms with Gasteiger partial charge in [0, 0.05) is 0 Å². The molecular formula is C10H18O4. The standard InChI is InChI=1S/C10H18O4/c1-5-7(6-2)8(9(11)13-3)10(12)14-4/h7-8H,5-6H2,1-4H3. The van der Waals surface area contributed by atoms with E-state index in [0.29, 0.717) is 0 Å². The van der Waals surface area contributed by atoms with E-state index in [2.05, 4.69) is 9.47 Å². The first kappa shape index (κ1) is 12.9. The van der Waals surface area contributed by atoms with Gasteiger partial charge in [-0.25, -0.2) is 0 Å². The van der Waals surface area contributed by atoms with Crippen molar-refractivity contribution in [1.29, 1.82) is 0 Å². The van der Waals surface area contributed by atoms with Gasteiger partial charge >= 0.3 is 11.9 Å². The van der Waals surface area contributed by atoms with Crippen molar-refractivity contribution in [1.82, 2.24) is 0 Å². The molecule has 0 bridgehead atoms. The van der Waals surface area contributed by atoms with Gasteiger partial charge < -0.3 is 9.47 Å². The number of rotatable bonds is 5. The number of hydrogen-bond donors (Lipinski definition) is 0. The lowest BCUT2D eigenvalue weighted by Gasteiger charge is -2.20. The van der Waals surface area contributed by atoms with Crippen LogP contribution in [0.1, 0.15) is 26.7 Å². The van der Waals surface area contributed by atoms with Crippen molar-refractivity contribution in [2.75, 3.05) is 14.2 Å². The van der Waals surface area contributed by atoms with E-state index in [1.807, 2.05) is 13.8 Å². The summed E-state index contributed by atoms with van der Waals surface area (Å²) in [5.74, 6) is -1.80. The van der Waals surface area contributed by atoms with E-state index in [9.17, 15) is 9.59 Å². The van der Waals surface area contributed by atoms with Gasteiger partial charge in [0.25, 0.3) is 0 Å². The third kappa shape index (κ3) is 3.01. The van der Waals surface area contributed by atoms with Crippen LogP contribution >= 0.6 is 0 Å². The first-order valence-corrected chi connectivity index (χ1v) is 4.77. The van der Waals surface area contributed by atoms with Crippen molar-refractivity contribution < 1.29 is 19.1 Å². The SMILES string of the molecule is CCC(CC)C(C(=O)OC)C(=O)OC. The summed E-state index contributed by atoms with van der Waals surface area (Å²) in [4.78, 5) is 22.7. The molecule has 4 heteroatoms. The van der Waals surface area contributed by atoms with Crippen LogP contribution in [-0.4, -0.2) is 26.2 Å². The fraction of sp³-hybridized carbons (Fsp3) is 0.800. The lowest BCUT2D eigenvalue weighted by atomic mass is 9.88. The molecule has 0 unspecified atom stereocenters. The van der Waals surface area contributed by atoms with Crippen molar-refractivity contribution in [3.8, 4) is 0 Å². The molecule has 0 heterocycles. The maximum Gasteiger partial charge on any atom is 0.320 e. The Kier molecular flexibility index (Phi) is 5.92. The summed E-state index contributed by atoms with van der Waals surface area (Å²) in [6, 6.07) is 0. The molecule has 14 heavy (non-hydrogen) atoms. The Balaban J connectivity index is 4.69. The predicted molar refractivity (Wildman–Crippen MR) is 51.6 cm³/mol. The normalized spacial score (nSPS) is 10.4. The molecule has 0 aromatic heterocycles. The van der Waals surface area contributed by atoms with Gasteiger partial charge in [0.15, 0.2) is 5.92 Å². The zero-order chi connectivity index (χ0) is 11.1. The second-order valence-electron chi connectivity index (χ2n) is 3.10. The minimum Gasteiger partial charge on any atom is -0.468 e. The van der Waals surface area contributed by atoms with Crippen molar-refractivity contribution in [2.45, 2.75) is 26.7 Å². The van der Waals surface area contributed by atoms with Crippen LogP contribution in [0, 0.1) is 11.8 Å². The minimum atomic E-state index is -0.778. The molecule has 0 rings (SSSR count). The number of carbonyl (C=O) groups excluding carboxylic acids is 2. The Labute approximate surface area is 84.6 Å². The molecule has 0 fully saturated rings. The Bertz CT molecular complexity index is 180. The Morgan fingerprint density at radius 1 is 1.00 bits per heavy atom. The zero-order valence-corrected chi connectivity index (χ0v) is 9.20. The molecular weight excluding hydrogens is 184 g/mol. The van der Waals surface area contributed by atoms with Gasteiger partial charge in [-0.3, -0.25) is 9.59 Å². The van der Waals surface area contributed by atoms with Crippen molar-refractivity contribution >= 4 is 11.9 Å². The zero-order valence-electron chi connectivity index (χ0n) is 9.20. The van der Waals surface area contributed by atoms with Gasteiger partial charge in [-0.1, -0.05) is 26.7 Å². The monoisotopic (exact) mass is 202 g/mol. The molecule has 0 saturated heterocycles. The van der Waals surface area contributed by atoms with Crippen LogP contribution in [-0.2, 0) is 19.1 Å². The second kappa shape index (κ2) is 6.40. The smallest absolute Gasteiger partial charge is 0.320 e. The van der Waals surface area contributed by atoms with Crippen LogP contribution in [0.2, 0.25) is 0 Å². The summed E-state index contributed by atoms with van der Waals surface area (Å²) in [6.07, 6.45) is 1.51. The Morgan fingerprint density at radius 3 is 1.57 bits per heavy atom. The summed E-state index contributed by atoms with van der Waals surface area (Å²) in [5, 5.41) is 0. The summed E-state index contributed by atoms with van der Waals surface area (Å²) < 4.78 is 9.16. The number of methoxy groups -OCH3 is 2. The van der Waals surface area contributed by atoms with Crippen molar-refractivity contribution in [3.05, 3.63) is 0 Å². The molecule has 0 aromatic rings. The van der Waals surface area contributed by atoms with E-state index < -0.39 is 17.9 Å². The first-order valence-electron chi connectivity index (χ1n) is 4.77. The molecule has 0 N–H and O–H groups in total. The van der Waals surface area contributed by atoms with Crippen molar-refractivity contribution in [3.63, 3.8) is 0 Å². The van der Waals surface area contributed by atoms with Gasteiger partial charge in [0.05, 0.1) is 14.2 Å². The maximum absolute atomic E-state index is 11.3. The third-order valence-corrected chi connectivity index (χ3v) is 2.43.